The Morgan fingerprint density at radius 1 is 1.00 bits per heavy atom. The number of aromatic nitrogens is 1. The molecule has 0 atom stereocenters. The monoisotopic (exact) mass is 449 g/mol. The maximum atomic E-state index is 13.1. The number of thiophene rings is 1. The van der Waals surface area contributed by atoms with Gasteiger partial charge in [0.2, 0.25) is 0 Å². The van der Waals surface area contributed by atoms with Gasteiger partial charge in [0.05, 0.1) is 5.56 Å². The number of carbonyl (C=O) groups excluding carboxylic acids is 3. The van der Waals surface area contributed by atoms with Crippen LogP contribution in [0.15, 0.2) is 54.7 Å². The Morgan fingerprint density at radius 3 is 2.56 bits per heavy atom. The van der Waals surface area contributed by atoms with Gasteiger partial charge in [-0.1, -0.05) is 36.4 Å². The van der Waals surface area contributed by atoms with E-state index in [1.807, 2.05) is 30.3 Å². The second-order valence-corrected chi connectivity index (χ2v) is 8.53. The molecule has 0 fully saturated rings. The first-order chi connectivity index (χ1) is 15.6. The first-order valence-corrected chi connectivity index (χ1v) is 11.3. The molecule has 0 aliphatic heterocycles. The number of esters is 1. The van der Waals surface area contributed by atoms with E-state index in [-0.39, 0.29) is 11.6 Å². The summed E-state index contributed by atoms with van der Waals surface area (Å²) in [5.74, 6) is -1.38. The lowest BCUT2D eigenvalue weighted by molar-refractivity contribution is -0.119. The second-order valence-electron chi connectivity index (χ2n) is 7.42. The van der Waals surface area contributed by atoms with Gasteiger partial charge in [-0.2, -0.15) is 0 Å². The number of hydrogen-bond donors (Lipinski definition) is 2. The number of hydrogen-bond acceptors (Lipinski definition) is 6. The van der Waals surface area contributed by atoms with Crippen LogP contribution in [0.4, 0.5) is 5.00 Å². The number of nitrogens with zero attached hydrogens (tertiary/aromatic N) is 1. The van der Waals surface area contributed by atoms with Gasteiger partial charge in [0, 0.05) is 17.6 Å². The molecule has 0 unspecified atom stereocenters. The van der Waals surface area contributed by atoms with Crippen LogP contribution in [0.1, 0.15) is 49.7 Å². The maximum absolute atomic E-state index is 13.1. The number of ether oxygens (including phenoxy) is 1. The molecule has 0 saturated carbocycles. The quantitative estimate of drug-likeness (QED) is 0.536. The average Bonchev–Trinajstić information content (AvgIpc) is 3.20. The van der Waals surface area contributed by atoms with Crippen LogP contribution in [-0.2, 0) is 28.9 Å². The molecule has 2 aromatic heterocycles. The normalized spacial score (nSPS) is 12.5. The molecule has 164 valence electrons. The molecule has 1 aliphatic carbocycles. The highest BCUT2D eigenvalue weighted by molar-refractivity contribution is 7.17. The number of rotatable bonds is 7. The fourth-order valence-corrected chi connectivity index (χ4v) is 4.91. The van der Waals surface area contributed by atoms with Crippen molar-refractivity contribution in [2.24, 2.45) is 0 Å². The molecule has 32 heavy (non-hydrogen) atoms. The van der Waals surface area contributed by atoms with Crippen molar-refractivity contribution in [3.8, 4) is 0 Å². The lowest BCUT2D eigenvalue weighted by atomic mass is 9.95. The fraction of sp³-hybridized carbons (Fsp3) is 0.250. The Morgan fingerprint density at radius 2 is 1.78 bits per heavy atom. The van der Waals surface area contributed by atoms with Gasteiger partial charge >= 0.3 is 5.97 Å². The Balaban J connectivity index is 1.44. The van der Waals surface area contributed by atoms with Crippen LogP contribution in [0, 0.1) is 0 Å². The smallest absolute Gasteiger partial charge is 0.357 e. The van der Waals surface area contributed by atoms with Crippen LogP contribution in [0.25, 0.3) is 0 Å². The predicted octanol–water partition coefficient (Wildman–Crippen LogP) is 3.75. The van der Waals surface area contributed by atoms with E-state index in [2.05, 4.69) is 15.6 Å². The van der Waals surface area contributed by atoms with Gasteiger partial charge in [-0.15, -0.1) is 11.3 Å². The highest BCUT2D eigenvalue weighted by Gasteiger charge is 2.26. The molecule has 2 heterocycles. The predicted molar refractivity (Wildman–Crippen MR) is 122 cm³/mol. The van der Waals surface area contributed by atoms with Gasteiger partial charge in [-0.05, 0) is 48.9 Å². The van der Waals surface area contributed by atoms with E-state index < -0.39 is 18.5 Å². The third-order valence-electron chi connectivity index (χ3n) is 5.16. The van der Waals surface area contributed by atoms with E-state index in [0.29, 0.717) is 17.1 Å². The fourth-order valence-electron chi connectivity index (χ4n) is 3.61. The molecule has 2 amide bonds. The Bertz CT molecular complexity index is 1110. The zero-order valence-corrected chi connectivity index (χ0v) is 18.2. The molecule has 0 spiro atoms. The minimum absolute atomic E-state index is 0.132. The van der Waals surface area contributed by atoms with E-state index in [1.165, 1.54) is 23.6 Å². The SMILES string of the molecule is O=C(COC(=O)c1ccccn1)Nc1sc2c(c1C(=O)NCc1ccccc1)CCCC2. The van der Waals surface area contributed by atoms with Crippen LogP contribution < -0.4 is 10.6 Å². The number of aryl methyl sites for hydroxylation is 1. The van der Waals surface area contributed by atoms with Crippen molar-refractivity contribution in [3.63, 3.8) is 0 Å². The first kappa shape index (κ1) is 21.7. The molecular weight excluding hydrogens is 426 g/mol. The minimum atomic E-state index is -0.674. The number of anilines is 1. The van der Waals surface area contributed by atoms with Crippen molar-refractivity contribution < 1.29 is 19.1 Å². The maximum Gasteiger partial charge on any atom is 0.357 e. The van der Waals surface area contributed by atoms with Crippen molar-refractivity contribution in [2.75, 3.05) is 11.9 Å². The molecule has 2 N–H and O–H groups in total. The lowest BCUT2D eigenvalue weighted by Crippen LogP contribution is -2.26. The van der Waals surface area contributed by atoms with Crippen molar-refractivity contribution in [1.29, 1.82) is 0 Å². The zero-order chi connectivity index (χ0) is 22.3. The van der Waals surface area contributed by atoms with Crippen LogP contribution in [0.5, 0.6) is 0 Å². The van der Waals surface area contributed by atoms with Gasteiger partial charge < -0.3 is 15.4 Å². The summed E-state index contributed by atoms with van der Waals surface area (Å²) in [5, 5.41) is 6.24. The second kappa shape index (κ2) is 10.2. The first-order valence-electron chi connectivity index (χ1n) is 10.5. The third-order valence-corrected chi connectivity index (χ3v) is 6.36. The van der Waals surface area contributed by atoms with Crippen LogP contribution >= 0.6 is 11.3 Å². The summed E-state index contributed by atoms with van der Waals surface area (Å²) < 4.78 is 5.06. The number of pyridine rings is 1. The summed E-state index contributed by atoms with van der Waals surface area (Å²) in [6.07, 6.45) is 5.26. The van der Waals surface area contributed by atoms with Gasteiger partial charge in [0.1, 0.15) is 10.7 Å². The topological polar surface area (TPSA) is 97.4 Å². The van der Waals surface area contributed by atoms with Gasteiger partial charge in [0.15, 0.2) is 6.61 Å². The summed E-state index contributed by atoms with van der Waals surface area (Å²) in [4.78, 5) is 42.6. The van der Waals surface area contributed by atoms with Crippen LogP contribution in [0.3, 0.4) is 0 Å². The average molecular weight is 450 g/mol. The van der Waals surface area contributed by atoms with Crippen molar-refractivity contribution >= 4 is 34.1 Å². The molecule has 4 rings (SSSR count). The summed E-state index contributed by atoms with van der Waals surface area (Å²) in [7, 11) is 0. The Hall–Kier alpha value is -3.52. The molecule has 0 bridgehead atoms. The molecule has 0 radical (unpaired) electrons. The number of carbonyl (C=O) groups is 3. The van der Waals surface area contributed by atoms with Crippen molar-refractivity contribution in [1.82, 2.24) is 10.3 Å². The Labute approximate surface area is 189 Å². The van der Waals surface area contributed by atoms with Crippen molar-refractivity contribution in [2.45, 2.75) is 32.2 Å². The molecule has 1 aliphatic rings. The standard InChI is InChI=1S/C24H23N3O4S/c28-20(15-31-24(30)18-11-6-7-13-25-18)27-23-21(17-10-4-5-12-19(17)32-23)22(29)26-14-16-8-2-1-3-9-16/h1-3,6-9,11,13H,4-5,10,12,14-15H2,(H,26,29)(H,27,28). The molecule has 3 aromatic rings. The van der Waals surface area contributed by atoms with E-state index in [1.54, 1.807) is 12.1 Å². The summed E-state index contributed by atoms with van der Waals surface area (Å²) in [6.45, 7) is -0.0532. The van der Waals surface area contributed by atoms with Crippen LogP contribution in [-0.4, -0.2) is 29.4 Å². The third kappa shape index (κ3) is 5.20. The van der Waals surface area contributed by atoms with E-state index in [4.69, 9.17) is 4.74 Å². The largest absolute Gasteiger partial charge is 0.451 e. The summed E-state index contributed by atoms with van der Waals surface area (Å²) >= 11 is 1.43. The molecule has 8 heteroatoms. The summed E-state index contributed by atoms with van der Waals surface area (Å²) in [5.41, 5.74) is 2.66. The van der Waals surface area contributed by atoms with E-state index in [0.717, 1.165) is 41.7 Å². The Kier molecular flexibility index (Phi) is 6.91. The molecule has 1 aromatic carbocycles. The van der Waals surface area contributed by atoms with Crippen molar-refractivity contribution in [3.05, 3.63) is 82.0 Å². The number of amides is 2. The summed E-state index contributed by atoms with van der Waals surface area (Å²) in [6, 6.07) is 14.5. The molecule has 0 saturated heterocycles. The number of fused-ring (bicyclic) bond motifs is 1. The minimum Gasteiger partial charge on any atom is -0.451 e. The van der Waals surface area contributed by atoms with E-state index in [9.17, 15) is 14.4 Å². The number of nitrogens with one attached hydrogen (secondary N) is 2. The highest BCUT2D eigenvalue weighted by Crippen LogP contribution is 2.38. The highest BCUT2D eigenvalue weighted by atomic mass is 32.1. The van der Waals surface area contributed by atoms with Gasteiger partial charge in [-0.3, -0.25) is 9.59 Å². The lowest BCUT2D eigenvalue weighted by Gasteiger charge is -2.13. The van der Waals surface area contributed by atoms with Gasteiger partial charge in [0.25, 0.3) is 11.8 Å². The van der Waals surface area contributed by atoms with Crippen LogP contribution in [0.2, 0.25) is 0 Å². The molecule has 7 nitrogen and oxygen atoms in total. The van der Waals surface area contributed by atoms with E-state index >= 15 is 0 Å². The molecular formula is C24H23N3O4S. The number of benzene rings is 1. The zero-order valence-electron chi connectivity index (χ0n) is 17.4. The van der Waals surface area contributed by atoms with Gasteiger partial charge in [-0.25, -0.2) is 9.78 Å².